The summed E-state index contributed by atoms with van der Waals surface area (Å²) in [4.78, 5) is 41.5. The molecule has 28 heavy (non-hydrogen) atoms. The van der Waals surface area contributed by atoms with E-state index < -0.39 is 21.2 Å². The maximum absolute atomic E-state index is 11.2. The number of nitrogens with zero attached hydrogens (tertiary/aromatic N) is 3. The van der Waals surface area contributed by atoms with Crippen LogP contribution in [0.25, 0.3) is 0 Å². The summed E-state index contributed by atoms with van der Waals surface area (Å²) in [6.45, 7) is 2.00. The first kappa shape index (κ1) is 25.1. The van der Waals surface area contributed by atoms with Crippen molar-refractivity contribution in [2.24, 2.45) is 0 Å². The average Bonchev–Trinajstić information content (AvgIpc) is 2.63. The minimum atomic E-state index is -0.705. The SMILES string of the molecule is CCCCC/C=C(\C/C(=C\C/C=C(\CCCC[C]=O)[N+](=O)[O-])[N+](=O)[O-])[N+](=O)[O-]. The van der Waals surface area contributed by atoms with Crippen LogP contribution in [0, 0.1) is 30.3 Å². The number of rotatable bonds is 16. The Labute approximate surface area is 163 Å². The fourth-order valence-corrected chi connectivity index (χ4v) is 2.37. The second kappa shape index (κ2) is 15.2. The van der Waals surface area contributed by atoms with Crippen LogP contribution in [0.4, 0.5) is 0 Å². The van der Waals surface area contributed by atoms with E-state index in [1.165, 1.54) is 12.2 Å². The van der Waals surface area contributed by atoms with Gasteiger partial charge < -0.3 is 0 Å². The maximum Gasteiger partial charge on any atom is 0.253 e. The molecule has 0 aliphatic carbocycles. The lowest BCUT2D eigenvalue weighted by Crippen LogP contribution is -2.06. The summed E-state index contributed by atoms with van der Waals surface area (Å²) in [5.41, 5.74) is -0.718. The van der Waals surface area contributed by atoms with Crippen molar-refractivity contribution in [3.63, 3.8) is 0 Å². The molecule has 0 amide bonds. The Morgan fingerprint density at radius 1 is 0.821 bits per heavy atom. The van der Waals surface area contributed by atoms with Crippen LogP contribution in [0.1, 0.15) is 71.1 Å². The topological polar surface area (TPSA) is 146 Å². The van der Waals surface area contributed by atoms with Crippen molar-refractivity contribution < 1.29 is 19.6 Å². The molecule has 0 fully saturated rings. The highest BCUT2D eigenvalue weighted by Gasteiger charge is 2.21. The van der Waals surface area contributed by atoms with Gasteiger partial charge in [-0.2, -0.15) is 0 Å². The van der Waals surface area contributed by atoms with Crippen molar-refractivity contribution >= 4 is 6.29 Å². The Hall–Kier alpha value is -2.91. The van der Waals surface area contributed by atoms with E-state index in [1.54, 1.807) is 6.29 Å². The van der Waals surface area contributed by atoms with Gasteiger partial charge in [-0.25, -0.2) is 0 Å². The van der Waals surface area contributed by atoms with E-state index >= 15 is 0 Å². The Bertz CT molecular complexity index is 639. The lowest BCUT2D eigenvalue weighted by molar-refractivity contribution is -0.450. The Morgan fingerprint density at radius 3 is 1.93 bits per heavy atom. The van der Waals surface area contributed by atoms with Crippen LogP contribution >= 0.6 is 0 Å². The first-order chi connectivity index (χ1) is 13.3. The van der Waals surface area contributed by atoms with Crippen LogP contribution in [-0.4, -0.2) is 21.1 Å². The molecular formula is C18H26N3O7. The predicted octanol–water partition coefficient (Wildman–Crippen LogP) is 4.50. The number of allylic oxidation sites excluding steroid dienone is 4. The van der Waals surface area contributed by atoms with Crippen LogP contribution in [0.2, 0.25) is 0 Å². The summed E-state index contributed by atoms with van der Waals surface area (Å²) < 4.78 is 0. The molecule has 0 rings (SSSR count). The molecule has 0 unspecified atom stereocenters. The van der Waals surface area contributed by atoms with Crippen LogP contribution in [-0.2, 0) is 4.79 Å². The van der Waals surface area contributed by atoms with Crippen molar-refractivity contribution in [3.8, 4) is 0 Å². The summed E-state index contributed by atoms with van der Waals surface area (Å²) in [5.74, 6) is 0. The molecule has 0 atom stereocenters. The largest absolute Gasteiger partial charge is 0.291 e. The first-order valence-electron chi connectivity index (χ1n) is 9.18. The van der Waals surface area contributed by atoms with Gasteiger partial charge in [-0.15, -0.1) is 0 Å². The van der Waals surface area contributed by atoms with Crippen molar-refractivity contribution in [2.75, 3.05) is 0 Å². The molecule has 0 saturated carbocycles. The van der Waals surface area contributed by atoms with Crippen molar-refractivity contribution in [2.45, 2.75) is 71.1 Å². The zero-order valence-electron chi connectivity index (χ0n) is 16.0. The van der Waals surface area contributed by atoms with E-state index in [0.29, 0.717) is 19.3 Å². The van der Waals surface area contributed by atoms with Gasteiger partial charge in [-0.05, 0) is 50.3 Å². The molecule has 0 aromatic carbocycles. The van der Waals surface area contributed by atoms with Crippen LogP contribution in [0.15, 0.2) is 35.3 Å². The van der Waals surface area contributed by atoms with Gasteiger partial charge in [0.1, 0.15) is 6.42 Å². The molecule has 0 aliphatic rings. The van der Waals surface area contributed by atoms with Gasteiger partial charge in [0, 0.05) is 12.8 Å². The van der Waals surface area contributed by atoms with Crippen molar-refractivity contribution in [3.05, 3.63) is 65.7 Å². The smallest absolute Gasteiger partial charge is 0.253 e. The van der Waals surface area contributed by atoms with E-state index in [-0.39, 0.29) is 36.4 Å². The quantitative estimate of drug-likeness (QED) is 0.212. The predicted molar refractivity (Wildman–Crippen MR) is 103 cm³/mol. The number of nitro groups is 3. The van der Waals surface area contributed by atoms with Crippen molar-refractivity contribution in [1.29, 1.82) is 0 Å². The first-order valence-corrected chi connectivity index (χ1v) is 9.18. The lowest BCUT2D eigenvalue weighted by Gasteiger charge is -2.00. The Morgan fingerprint density at radius 2 is 1.39 bits per heavy atom. The van der Waals surface area contributed by atoms with E-state index in [4.69, 9.17) is 0 Å². The molecular weight excluding hydrogens is 370 g/mol. The van der Waals surface area contributed by atoms with E-state index in [1.807, 2.05) is 6.92 Å². The zero-order valence-corrected chi connectivity index (χ0v) is 16.0. The molecule has 10 nitrogen and oxygen atoms in total. The van der Waals surface area contributed by atoms with Gasteiger partial charge in [0.2, 0.25) is 5.70 Å². The number of unbranched alkanes of at least 4 members (excludes halogenated alkanes) is 5. The highest BCUT2D eigenvalue weighted by molar-refractivity contribution is 5.50. The third-order valence-corrected chi connectivity index (χ3v) is 3.92. The number of hydrogen-bond donors (Lipinski definition) is 0. The fraction of sp³-hybridized carbons (Fsp3) is 0.611. The number of hydrogen-bond acceptors (Lipinski definition) is 7. The lowest BCUT2D eigenvalue weighted by atomic mass is 10.1. The highest BCUT2D eigenvalue weighted by Crippen LogP contribution is 2.17. The summed E-state index contributed by atoms with van der Waals surface area (Å²) >= 11 is 0. The van der Waals surface area contributed by atoms with Gasteiger partial charge in [-0.3, -0.25) is 35.1 Å². The molecule has 0 bridgehead atoms. The van der Waals surface area contributed by atoms with Crippen molar-refractivity contribution in [1.82, 2.24) is 0 Å². The maximum atomic E-state index is 11.2. The van der Waals surface area contributed by atoms with Gasteiger partial charge in [0.25, 0.3) is 11.4 Å². The summed E-state index contributed by atoms with van der Waals surface area (Å²) in [6.07, 6.45) is 9.35. The van der Waals surface area contributed by atoms with Gasteiger partial charge in [0.15, 0.2) is 6.29 Å². The number of carbonyl (C=O) groups excluding carboxylic acids is 1. The molecule has 0 N–H and O–H groups in total. The normalized spacial score (nSPS) is 12.7. The summed E-state index contributed by atoms with van der Waals surface area (Å²) in [5, 5.41) is 33.3. The zero-order chi connectivity index (χ0) is 21.4. The standard InChI is InChI=1S/C18H26N3O7/c1-2-3-4-6-11-17(20(25)26)15-18(21(27)28)13-9-12-16(19(23)24)10-7-5-8-14-22/h11-13H,2-10,15H2,1H3/b16-12+,17-11+,18-13+. The van der Waals surface area contributed by atoms with E-state index in [0.717, 1.165) is 25.3 Å². The van der Waals surface area contributed by atoms with Crippen LogP contribution < -0.4 is 0 Å². The minimum absolute atomic E-state index is 0.0761. The molecule has 10 heteroatoms. The van der Waals surface area contributed by atoms with Gasteiger partial charge >= 0.3 is 0 Å². The third-order valence-electron chi connectivity index (χ3n) is 3.92. The second-order valence-electron chi connectivity index (χ2n) is 6.12. The molecule has 1 radical (unpaired) electrons. The van der Waals surface area contributed by atoms with Gasteiger partial charge in [-0.1, -0.05) is 19.8 Å². The van der Waals surface area contributed by atoms with E-state index in [9.17, 15) is 35.1 Å². The second-order valence-corrected chi connectivity index (χ2v) is 6.12. The Kier molecular flexibility index (Phi) is 13.6. The third kappa shape index (κ3) is 11.7. The average molecular weight is 396 g/mol. The minimum Gasteiger partial charge on any atom is -0.291 e. The monoisotopic (exact) mass is 396 g/mol. The van der Waals surface area contributed by atoms with E-state index in [2.05, 4.69) is 0 Å². The molecule has 0 saturated heterocycles. The summed E-state index contributed by atoms with van der Waals surface area (Å²) in [6, 6.07) is 0. The van der Waals surface area contributed by atoms with Crippen LogP contribution in [0.5, 0.6) is 0 Å². The molecule has 0 heterocycles. The molecule has 0 spiro atoms. The van der Waals surface area contributed by atoms with Gasteiger partial charge in [0.05, 0.1) is 14.8 Å². The summed E-state index contributed by atoms with van der Waals surface area (Å²) in [7, 11) is 0. The Balaban J connectivity index is 5.09. The molecule has 155 valence electrons. The molecule has 0 aliphatic heterocycles. The van der Waals surface area contributed by atoms with Crippen LogP contribution in [0.3, 0.4) is 0 Å². The highest BCUT2D eigenvalue weighted by atomic mass is 16.6. The molecule has 0 aromatic heterocycles. The molecule has 0 aromatic rings. The fourth-order valence-electron chi connectivity index (χ4n) is 2.37.